The van der Waals surface area contributed by atoms with Gasteiger partial charge in [-0.2, -0.15) is 11.3 Å². The van der Waals surface area contributed by atoms with Crippen molar-refractivity contribution >= 4 is 44.9 Å². The molecule has 0 aliphatic heterocycles. The van der Waals surface area contributed by atoms with Crippen molar-refractivity contribution in [2.75, 3.05) is 11.9 Å². The summed E-state index contributed by atoms with van der Waals surface area (Å²) in [6, 6.07) is 5.30. The van der Waals surface area contributed by atoms with Gasteiger partial charge in [0.15, 0.2) is 0 Å². The van der Waals surface area contributed by atoms with Crippen LogP contribution in [0.3, 0.4) is 0 Å². The fourth-order valence-electron chi connectivity index (χ4n) is 1.60. The predicted octanol–water partition coefficient (Wildman–Crippen LogP) is 3.05. The molecular weight excluding hydrogens is 354 g/mol. The maximum absolute atomic E-state index is 11.7. The topological polar surface area (TPSA) is 71.1 Å². The summed E-state index contributed by atoms with van der Waals surface area (Å²) in [6.45, 7) is 0.468. The number of halogens is 1. The van der Waals surface area contributed by atoms with Gasteiger partial charge in [-0.25, -0.2) is 4.98 Å². The van der Waals surface area contributed by atoms with Gasteiger partial charge in [0.05, 0.1) is 0 Å². The predicted molar refractivity (Wildman–Crippen MR) is 86.5 cm³/mol. The minimum atomic E-state index is -0.116. The summed E-state index contributed by atoms with van der Waals surface area (Å²) in [5, 5.41) is 9.13. The Morgan fingerprint density at radius 1 is 1.29 bits per heavy atom. The van der Waals surface area contributed by atoms with Crippen molar-refractivity contribution in [3.05, 3.63) is 45.2 Å². The second kappa shape index (κ2) is 7.90. The quantitative estimate of drug-likeness (QED) is 0.770. The zero-order chi connectivity index (χ0) is 15.1. The van der Waals surface area contributed by atoms with E-state index in [1.807, 2.05) is 11.4 Å². The van der Waals surface area contributed by atoms with E-state index in [-0.39, 0.29) is 11.8 Å². The number of hydrogen-bond acceptors (Lipinski definition) is 4. The van der Waals surface area contributed by atoms with Gasteiger partial charge in [0.1, 0.15) is 5.82 Å². The van der Waals surface area contributed by atoms with E-state index in [1.165, 1.54) is 11.3 Å². The van der Waals surface area contributed by atoms with E-state index in [1.54, 1.807) is 23.7 Å². The first-order valence-corrected chi connectivity index (χ1v) is 8.10. The molecule has 0 aliphatic carbocycles. The zero-order valence-electron chi connectivity index (χ0n) is 11.1. The van der Waals surface area contributed by atoms with Crippen LogP contribution in [0.1, 0.15) is 23.2 Å². The summed E-state index contributed by atoms with van der Waals surface area (Å²) in [4.78, 5) is 27.4. The summed E-state index contributed by atoms with van der Waals surface area (Å²) in [5.74, 6) is 0.298. The minimum Gasteiger partial charge on any atom is -0.352 e. The van der Waals surface area contributed by atoms with Crippen LogP contribution < -0.4 is 10.6 Å². The average molecular weight is 368 g/mol. The number of carbonyl (C=O) groups is 2. The molecule has 5 nitrogen and oxygen atoms in total. The molecule has 21 heavy (non-hydrogen) atoms. The third-order valence-corrected chi connectivity index (χ3v) is 3.80. The van der Waals surface area contributed by atoms with Crippen molar-refractivity contribution in [2.24, 2.45) is 0 Å². The van der Waals surface area contributed by atoms with Crippen molar-refractivity contribution in [2.45, 2.75) is 12.8 Å². The first-order valence-electron chi connectivity index (χ1n) is 6.37. The van der Waals surface area contributed by atoms with Crippen LogP contribution in [0.5, 0.6) is 0 Å². The smallest absolute Gasteiger partial charge is 0.252 e. The number of nitrogens with zero attached hydrogens (tertiary/aromatic N) is 1. The fourth-order valence-corrected chi connectivity index (χ4v) is 2.47. The van der Waals surface area contributed by atoms with Crippen LogP contribution in [-0.4, -0.2) is 23.3 Å². The highest BCUT2D eigenvalue weighted by atomic mass is 79.9. The Bertz CT molecular complexity index is 599. The van der Waals surface area contributed by atoms with Crippen molar-refractivity contribution in [3.8, 4) is 0 Å². The lowest BCUT2D eigenvalue weighted by atomic mass is 10.2. The molecule has 0 aliphatic rings. The van der Waals surface area contributed by atoms with Crippen molar-refractivity contribution in [3.63, 3.8) is 0 Å². The first kappa shape index (κ1) is 15.7. The number of thiophene rings is 1. The monoisotopic (exact) mass is 367 g/mol. The van der Waals surface area contributed by atoms with Crippen LogP contribution in [0, 0.1) is 0 Å². The maximum Gasteiger partial charge on any atom is 0.252 e. The Labute approximate surface area is 134 Å². The number of anilines is 1. The molecule has 0 spiro atoms. The van der Waals surface area contributed by atoms with E-state index < -0.39 is 0 Å². The second-order valence-corrected chi connectivity index (χ2v) is 5.98. The fraction of sp³-hybridized carbons (Fsp3) is 0.214. The Morgan fingerprint density at radius 2 is 2.14 bits per heavy atom. The van der Waals surface area contributed by atoms with Crippen molar-refractivity contribution in [1.29, 1.82) is 0 Å². The number of amides is 2. The standard InChI is InChI=1S/C14H14BrN3O2S/c15-11-3-4-12(17-8-11)18-13(19)2-1-6-16-14(20)10-5-7-21-9-10/h3-5,7-9H,1-2,6H2,(H,16,20)(H,17,18,19). The minimum absolute atomic E-state index is 0.105. The van der Waals surface area contributed by atoms with E-state index in [0.717, 1.165) is 4.47 Å². The van der Waals surface area contributed by atoms with Gasteiger partial charge < -0.3 is 10.6 Å². The molecule has 0 aromatic carbocycles. The number of aromatic nitrogens is 1. The van der Waals surface area contributed by atoms with Gasteiger partial charge in [-0.3, -0.25) is 9.59 Å². The van der Waals surface area contributed by atoms with Gasteiger partial charge in [-0.1, -0.05) is 0 Å². The molecule has 2 amide bonds. The molecule has 2 heterocycles. The SMILES string of the molecule is O=C(CCCNC(=O)c1ccsc1)Nc1ccc(Br)cn1. The summed E-state index contributed by atoms with van der Waals surface area (Å²) in [6.07, 6.45) is 2.54. The highest BCUT2D eigenvalue weighted by molar-refractivity contribution is 9.10. The van der Waals surface area contributed by atoms with E-state index in [2.05, 4.69) is 31.5 Å². The van der Waals surface area contributed by atoms with Crippen molar-refractivity contribution in [1.82, 2.24) is 10.3 Å². The molecule has 0 radical (unpaired) electrons. The molecule has 110 valence electrons. The molecule has 0 saturated heterocycles. The molecule has 0 fully saturated rings. The lowest BCUT2D eigenvalue weighted by molar-refractivity contribution is -0.116. The molecule has 0 saturated carbocycles. The van der Waals surface area contributed by atoms with Crippen LogP contribution >= 0.6 is 27.3 Å². The van der Waals surface area contributed by atoms with Gasteiger partial charge in [0.25, 0.3) is 5.91 Å². The zero-order valence-corrected chi connectivity index (χ0v) is 13.5. The summed E-state index contributed by atoms with van der Waals surface area (Å²) in [5.41, 5.74) is 0.656. The summed E-state index contributed by atoms with van der Waals surface area (Å²) < 4.78 is 0.858. The van der Waals surface area contributed by atoms with Gasteiger partial charge >= 0.3 is 0 Å². The van der Waals surface area contributed by atoms with E-state index in [4.69, 9.17) is 0 Å². The number of rotatable bonds is 6. The second-order valence-electron chi connectivity index (χ2n) is 4.28. The maximum atomic E-state index is 11.7. The van der Waals surface area contributed by atoms with Crippen LogP contribution in [0.25, 0.3) is 0 Å². The van der Waals surface area contributed by atoms with E-state index in [9.17, 15) is 9.59 Å². The van der Waals surface area contributed by atoms with Crippen LogP contribution in [0.2, 0.25) is 0 Å². The Morgan fingerprint density at radius 3 is 2.81 bits per heavy atom. The third-order valence-electron chi connectivity index (χ3n) is 2.64. The summed E-state index contributed by atoms with van der Waals surface area (Å²) >= 11 is 4.76. The van der Waals surface area contributed by atoms with Gasteiger partial charge in [-0.15, -0.1) is 0 Å². The molecule has 7 heteroatoms. The molecule has 2 aromatic heterocycles. The van der Waals surface area contributed by atoms with Gasteiger partial charge in [0, 0.05) is 34.6 Å². The lowest BCUT2D eigenvalue weighted by Crippen LogP contribution is -2.25. The number of hydrogen-bond donors (Lipinski definition) is 2. The molecule has 2 aromatic rings. The molecule has 0 bridgehead atoms. The Kier molecular flexibility index (Phi) is 5.89. The highest BCUT2D eigenvalue weighted by Gasteiger charge is 2.06. The molecule has 0 atom stereocenters. The number of nitrogens with one attached hydrogen (secondary N) is 2. The van der Waals surface area contributed by atoms with E-state index in [0.29, 0.717) is 30.8 Å². The summed E-state index contributed by atoms with van der Waals surface area (Å²) in [7, 11) is 0. The third kappa shape index (κ3) is 5.28. The Hall–Kier alpha value is -1.73. The van der Waals surface area contributed by atoms with Crippen LogP contribution in [-0.2, 0) is 4.79 Å². The number of carbonyl (C=O) groups excluding carboxylic acids is 2. The first-order chi connectivity index (χ1) is 10.1. The molecule has 0 unspecified atom stereocenters. The largest absolute Gasteiger partial charge is 0.352 e. The highest BCUT2D eigenvalue weighted by Crippen LogP contribution is 2.10. The Balaban J connectivity index is 1.65. The number of pyridine rings is 1. The lowest BCUT2D eigenvalue weighted by Gasteiger charge is -2.05. The molecule has 2 rings (SSSR count). The van der Waals surface area contributed by atoms with E-state index >= 15 is 0 Å². The van der Waals surface area contributed by atoms with Crippen LogP contribution in [0.15, 0.2) is 39.6 Å². The molecular formula is C14H14BrN3O2S. The average Bonchev–Trinajstić information content (AvgIpc) is 3.00. The molecule has 2 N–H and O–H groups in total. The van der Waals surface area contributed by atoms with Gasteiger partial charge in [-0.05, 0) is 45.9 Å². The van der Waals surface area contributed by atoms with Crippen molar-refractivity contribution < 1.29 is 9.59 Å². The van der Waals surface area contributed by atoms with Gasteiger partial charge in [0.2, 0.25) is 5.91 Å². The normalized spacial score (nSPS) is 10.1. The van der Waals surface area contributed by atoms with Crippen LogP contribution in [0.4, 0.5) is 5.82 Å².